The molecule has 0 saturated heterocycles. The SMILES string of the molecule is CNC(Cc1ccncc1)Cc1ccc(OC)c(F)c1. The van der Waals surface area contributed by atoms with Gasteiger partial charge in [-0.3, -0.25) is 4.98 Å². The number of ether oxygens (including phenoxy) is 1. The summed E-state index contributed by atoms with van der Waals surface area (Å²) in [7, 11) is 3.39. The van der Waals surface area contributed by atoms with Crippen molar-refractivity contribution >= 4 is 0 Å². The molecule has 1 N–H and O–H groups in total. The quantitative estimate of drug-likeness (QED) is 0.879. The molecule has 1 aromatic heterocycles. The van der Waals surface area contributed by atoms with Crippen LogP contribution in [0, 0.1) is 5.82 Å². The van der Waals surface area contributed by atoms with Gasteiger partial charge in [0.2, 0.25) is 0 Å². The van der Waals surface area contributed by atoms with Gasteiger partial charge >= 0.3 is 0 Å². The minimum atomic E-state index is -0.316. The van der Waals surface area contributed by atoms with Crippen LogP contribution in [-0.2, 0) is 12.8 Å². The summed E-state index contributed by atoms with van der Waals surface area (Å²) >= 11 is 0. The summed E-state index contributed by atoms with van der Waals surface area (Å²) in [4.78, 5) is 4.01. The Hall–Kier alpha value is -1.94. The van der Waals surface area contributed by atoms with E-state index in [1.807, 2.05) is 25.2 Å². The van der Waals surface area contributed by atoms with Crippen LogP contribution < -0.4 is 10.1 Å². The average Bonchev–Trinajstić information content (AvgIpc) is 2.48. The van der Waals surface area contributed by atoms with E-state index >= 15 is 0 Å². The molecule has 1 atom stereocenters. The normalized spacial score (nSPS) is 12.2. The van der Waals surface area contributed by atoms with E-state index in [0.717, 1.165) is 18.4 Å². The first-order valence-corrected chi connectivity index (χ1v) is 6.61. The van der Waals surface area contributed by atoms with Gasteiger partial charge < -0.3 is 10.1 Å². The van der Waals surface area contributed by atoms with Crippen LogP contribution in [-0.4, -0.2) is 25.2 Å². The summed E-state index contributed by atoms with van der Waals surface area (Å²) in [5.74, 6) is -0.0346. The van der Waals surface area contributed by atoms with Crippen molar-refractivity contribution in [2.24, 2.45) is 0 Å². The van der Waals surface area contributed by atoms with Gasteiger partial charge in [0.1, 0.15) is 0 Å². The van der Waals surface area contributed by atoms with Crippen LogP contribution in [0.1, 0.15) is 11.1 Å². The summed E-state index contributed by atoms with van der Waals surface area (Å²) in [6.45, 7) is 0. The Morgan fingerprint density at radius 3 is 2.45 bits per heavy atom. The van der Waals surface area contributed by atoms with Gasteiger partial charge in [0.25, 0.3) is 0 Å². The van der Waals surface area contributed by atoms with Crippen LogP contribution in [0.4, 0.5) is 4.39 Å². The van der Waals surface area contributed by atoms with Crippen molar-refractivity contribution in [2.75, 3.05) is 14.2 Å². The topological polar surface area (TPSA) is 34.2 Å². The van der Waals surface area contributed by atoms with Gasteiger partial charge in [-0.05, 0) is 55.3 Å². The molecule has 0 aliphatic carbocycles. The largest absolute Gasteiger partial charge is 0.494 e. The maximum Gasteiger partial charge on any atom is 0.165 e. The Kier molecular flexibility index (Phi) is 5.07. The van der Waals surface area contributed by atoms with Gasteiger partial charge in [0, 0.05) is 18.4 Å². The lowest BCUT2D eigenvalue weighted by Crippen LogP contribution is -2.29. The molecule has 0 radical (unpaired) electrons. The second kappa shape index (κ2) is 7.01. The molecule has 0 saturated carbocycles. The van der Waals surface area contributed by atoms with E-state index in [4.69, 9.17) is 4.74 Å². The highest BCUT2D eigenvalue weighted by atomic mass is 19.1. The van der Waals surface area contributed by atoms with Gasteiger partial charge in [-0.1, -0.05) is 6.07 Å². The van der Waals surface area contributed by atoms with Crippen molar-refractivity contribution in [2.45, 2.75) is 18.9 Å². The van der Waals surface area contributed by atoms with E-state index in [2.05, 4.69) is 10.3 Å². The fourth-order valence-electron chi connectivity index (χ4n) is 2.20. The number of aromatic nitrogens is 1. The predicted molar refractivity (Wildman–Crippen MR) is 77.4 cm³/mol. The number of hydrogen-bond donors (Lipinski definition) is 1. The van der Waals surface area contributed by atoms with Crippen molar-refractivity contribution < 1.29 is 9.13 Å². The third-order valence-corrected chi connectivity index (χ3v) is 3.34. The van der Waals surface area contributed by atoms with Gasteiger partial charge in [0.05, 0.1) is 7.11 Å². The molecule has 0 aliphatic rings. The van der Waals surface area contributed by atoms with E-state index < -0.39 is 0 Å². The average molecular weight is 274 g/mol. The first-order chi connectivity index (χ1) is 9.72. The molecule has 0 aliphatic heterocycles. The maximum absolute atomic E-state index is 13.7. The van der Waals surface area contributed by atoms with Crippen molar-refractivity contribution in [3.63, 3.8) is 0 Å². The number of methoxy groups -OCH3 is 1. The summed E-state index contributed by atoms with van der Waals surface area (Å²) in [6.07, 6.45) is 5.22. The van der Waals surface area contributed by atoms with Crippen LogP contribution in [0.15, 0.2) is 42.7 Å². The highest BCUT2D eigenvalue weighted by Gasteiger charge is 2.10. The number of likely N-dealkylation sites (N-methyl/N-ethyl adjacent to an activating group) is 1. The van der Waals surface area contributed by atoms with E-state index in [1.165, 1.54) is 18.7 Å². The standard InChI is InChI=1S/C16H19FN2O/c1-18-14(9-12-5-7-19-8-6-12)10-13-3-4-16(20-2)15(17)11-13/h3-8,11,14,18H,9-10H2,1-2H3. The number of hydrogen-bond acceptors (Lipinski definition) is 3. The van der Waals surface area contributed by atoms with Crippen molar-refractivity contribution in [1.29, 1.82) is 0 Å². The molecule has 0 bridgehead atoms. The highest BCUT2D eigenvalue weighted by molar-refractivity contribution is 5.30. The first kappa shape index (κ1) is 14.5. The molecule has 1 heterocycles. The van der Waals surface area contributed by atoms with Crippen molar-refractivity contribution in [1.82, 2.24) is 10.3 Å². The van der Waals surface area contributed by atoms with Crippen molar-refractivity contribution in [3.05, 3.63) is 59.7 Å². The second-order valence-electron chi connectivity index (χ2n) is 4.72. The summed E-state index contributed by atoms with van der Waals surface area (Å²) in [5.41, 5.74) is 2.17. The van der Waals surface area contributed by atoms with Gasteiger partial charge in [-0.25, -0.2) is 4.39 Å². The Morgan fingerprint density at radius 1 is 1.15 bits per heavy atom. The summed E-state index contributed by atoms with van der Waals surface area (Å²) < 4.78 is 18.6. The van der Waals surface area contributed by atoms with Gasteiger partial charge in [-0.2, -0.15) is 0 Å². The lowest BCUT2D eigenvalue weighted by atomic mass is 9.99. The van der Waals surface area contributed by atoms with Gasteiger partial charge in [0.15, 0.2) is 11.6 Å². The minimum Gasteiger partial charge on any atom is -0.494 e. The fraction of sp³-hybridized carbons (Fsp3) is 0.312. The van der Waals surface area contributed by atoms with E-state index in [0.29, 0.717) is 0 Å². The third-order valence-electron chi connectivity index (χ3n) is 3.34. The molecule has 2 rings (SSSR count). The molecule has 0 amide bonds. The molecular formula is C16H19FN2O. The first-order valence-electron chi connectivity index (χ1n) is 6.61. The van der Waals surface area contributed by atoms with Crippen LogP contribution in [0.2, 0.25) is 0 Å². The summed E-state index contributed by atoms with van der Waals surface area (Å²) in [5, 5.41) is 3.27. The van der Waals surface area contributed by atoms with E-state index in [1.54, 1.807) is 18.5 Å². The molecule has 0 spiro atoms. The Morgan fingerprint density at radius 2 is 1.85 bits per heavy atom. The zero-order valence-electron chi connectivity index (χ0n) is 11.8. The molecule has 20 heavy (non-hydrogen) atoms. The number of pyridine rings is 1. The minimum absolute atomic E-state index is 0.255. The third kappa shape index (κ3) is 3.78. The molecule has 1 unspecified atom stereocenters. The van der Waals surface area contributed by atoms with E-state index in [-0.39, 0.29) is 17.6 Å². The molecule has 2 aromatic rings. The summed E-state index contributed by atoms with van der Waals surface area (Å²) in [6, 6.07) is 9.36. The molecule has 0 fully saturated rings. The molecule has 4 heteroatoms. The fourth-order valence-corrected chi connectivity index (χ4v) is 2.20. The monoisotopic (exact) mass is 274 g/mol. The zero-order chi connectivity index (χ0) is 14.4. The van der Waals surface area contributed by atoms with Crippen LogP contribution in [0.3, 0.4) is 0 Å². The maximum atomic E-state index is 13.7. The molecule has 106 valence electrons. The Bertz CT molecular complexity index is 545. The number of benzene rings is 1. The lowest BCUT2D eigenvalue weighted by Gasteiger charge is -2.16. The second-order valence-corrected chi connectivity index (χ2v) is 4.72. The highest BCUT2D eigenvalue weighted by Crippen LogP contribution is 2.19. The smallest absolute Gasteiger partial charge is 0.165 e. The number of rotatable bonds is 6. The van der Waals surface area contributed by atoms with Crippen LogP contribution in [0.25, 0.3) is 0 Å². The Labute approximate surface area is 118 Å². The van der Waals surface area contributed by atoms with Crippen LogP contribution >= 0.6 is 0 Å². The lowest BCUT2D eigenvalue weighted by molar-refractivity contribution is 0.386. The number of halogens is 1. The zero-order valence-corrected chi connectivity index (χ0v) is 11.8. The molecule has 3 nitrogen and oxygen atoms in total. The predicted octanol–water partition coefficient (Wildman–Crippen LogP) is 2.60. The Balaban J connectivity index is 2.04. The molecule has 1 aromatic carbocycles. The van der Waals surface area contributed by atoms with Gasteiger partial charge in [-0.15, -0.1) is 0 Å². The number of nitrogens with one attached hydrogen (secondary N) is 1. The number of nitrogens with zero attached hydrogens (tertiary/aromatic N) is 1. The van der Waals surface area contributed by atoms with E-state index in [9.17, 15) is 4.39 Å². The molecular weight excluding hydrogens is 255 g/mol. The van der Waals surface area contributed by atoms with Crippen molar-refractivity contribution in [3.8, 4) is 5.75 Å². The van der Waals surface area contributed by atoms with Crippen LogP contribution in [0.5, 0.6) is 5.75 Å².